The Morgan fingerprint density at radius 1 is 1.35 bits per heavy atom. The van der Waals surface area contributed by atoms with E-state index in [2.05, 4.69) is 10.2 Å². The zero-order valence-corrected chi connectivity index (χ0v) is 15.1. The maximum Gasteiger partial charge on any atom is 0.351 e. The molecule has 0 aromatic heterocycles. The molecule has 140 valence electrons. The number of carboxylic acid groups (broad SMARTS) is 1. The molecule has 0 aliphatic carbocycles. The van der Waals surface area contributed by atoms with Gasteiger partial charge in [0.15, 0.2) is 6.23 Å². The second-order valence-corrected chi connectivity index (χ2v) is 7.52. The first-order valence-corrected chi connectivity index (χ1v) is 9.22. The SMILES string of the molecule is COc1ccc(C[N+]2=C3N[C@H](C)[C@H](C(=O)O)[C@@H]4CC[C@H](CC2O)N34)cc1. The summed E-state index contributed by atoms with van der Waals surface area (Å²) in [4.78, 5) is 14.0. The monoisotopic (exact) mass is 360 g/mol. The topological polar surface area (TPSA) is 85.0 Å². The zero-order chi connectivity index (χ0) is 18.4. The van der Waals surface area contributed by atoms with Gasteiger partial charge in [0.25, 0.3) is 0 Å². The molecule has 0 bridgehead atoms. The van der Waals surface area contributed by atoms with Gasteiger partial charge >= 0.3 is 11.9 Å². The number of hydrogen-bond acceptors (Lipinski definition) is 5. The van der Waals surface area contributed by atoms with Gasteiger partial charge in [-0.05, 0) is 37.5 Å². The molecule has 0 amide bonds. The molecule has 3 heterocycles. The van der Waals surface area contributed by atoms with E-state index in [4.69, 9.17) is 4.74 Å². The van der Waals surface area contributed by atoms with Crippen molar-refractivity contribution in [3.05, 3.63) is 29.8 Å². The Hall–Kier alpha value is -2.28. The van der Waals surface area contributed by atoms with Gasteiger partial charge in [0.1, 0.15) is 11.7 Å². The molecule has 3 aliphatic rings. The molecule has 0 radical (unpaired) electrons. The number of aliphatic hydroxyl groups excluding tert-OH is 1. The number of methoxy groups -OCH3 is 1. The third kappa shape index (κ3) is 2.70. The number of benzene rings is 1. The van der Waals surface area contributed by atoms with E-state index in [1.54, 1.807) is 7.11 Å². The highest BCUT2D eigenvalue weighted by molar-refractivity contribution is 5.82. The summed E-state index contributed by atoms with van der Waals surface area (Å²) in [6, 6.07) is 7.84. The van der Waals surface area contributed by atoms with Crippen molar-refractivity contribution in [1.29, 1.82) is 0 Å². The number of aliphatic carboxylic acids is 1. The van der Waals surface area contributed by atoms with Gasteiger partial charge < -0.3 is 14.9 Å². The smallest absolute Gasteiger partial charge is 0.351 e. The molecule has 2 saturated heterocycles. The number of hydrogen-bond donors (Lipinski definition) is 3. The number of carbonyl (C=O) groups is 1. The Kier molecular flexibility index (Phi) is 4.26. The van der Waals surface area contributed by atoms with Crippen molar-refractivity contribution in [2.75, 3.05) is 7.11 Å². The highest BCUT2D eigenvalue weighted by Gasteiger charge is 2.56. The fraction of sp³-hybridized carbons (Fsp3) is 0.579. The first-order valence-electron chi connectivity index (χ1n) is 9.22. The molecule has 3 aliphatic heterocycles. The van der Waals surface area contributed by atoms with Gasteiger partial charge in [0, 0.05) is 6.42 Å². The molecule has 5 atom stereocenters. The van der Waals surface area contributed by atoms with Crippen LogP contribution in [0.25, 0.3) is 0 Å². The van der Waals surface area contributed by atoms with Crippen LogP contribution in [0.15, 0.2) is 24.3 Å². The van der Waals surface area contributed by atoms with Crippen LogP contribution in [-0.4, -0.2) is 63.1 Å². The van der Waals surface area contributed by atoms with E-state index in [-0.39, 0.29) is 18.1 Å². The van der Waals surface area contributed by atoms with Gasteiger partial charge in [-0.3, -0.25) is 15.0 Å². The molecule has 4 rings (SSSR count). The minimum Gasteiger partial charge on any atom is -0.497 e. The number of aliphatic hydroxyl groups is 1. The van der Waals surface area contributed by atoms with Gasteiger partial charge in [-0.1, -0.05) is 12.1 Å². The van der Waals surface area contributed by atoms with E-state index < -0.39 is 18.1 Å². The molecule has 0 spiro atoms. The van der Waals surface area contributed by atoms with E-state index in [0.29, 0.717) is 13.0 Å². The Morgan fingerprint density at radius 2 is 2.08 bits per heavy atom. The van der Waals surface area contributed by atoms with Crippen molar-refractivity contribution >= 4 is 11.9 Å². The predicted octanol–water partition coefficient (Wildman–Crippen LogP) is 0.811. The van der Waals surface area contributed by atoms with E-state index in [9.17, 15) is 15.0 Å². The average molecular weight is 360 g/mol. The third-order valence-electron chi connectivity index (χ3n) is 6.01. The second-order valence-electron chi connectivity index (χ2n) is 7.52. The van der Waals surface area contributed by atoms with E-state index in [0.717, 1.165) is 30.1 Å². The third-order valence-corrected chi connectivity index (χ3v) is 6.01. The molecule has 2 fully saturated rings. The normalized spacial score (nSPS) is 32.9. The minimum atomic E-state index is -0.748. The predicted molar refractivity (Wildman–Crippen MR) is 95.0 cm³/mol. The summed E-state index contributed by atoms with van der Waals surface area (Å²) in [5, 5.41) is 23.8. The summed E-state index contributed by atoms with van der Waals surface area (Å²) < 4.78 is 7.17. The summed E-state index contributed by atoms with van der Waals surface area (Å²) >= 11 is 0. The van der Waals surface area contributed by atoms with Crippen molar-refractivity contribution in [1.82, 2.24) is 10.2 Å². The van der Waals surface area contributed by atoms with Crippen LogP contribution in [-0.2, 0) is 11.3 Å². The van der Waals surface area contributed by atoms with Crippen molar-refractivity contribution in [3.8, 4) is 5.75 Å². The van der Waals surface area contributed by atoms with Gasteiger partial charge in [0.05, 0.1) is 31.8 Å². The lowest BCUT2D eigenvalue weighted by Gasteiger charge is -2.43. The number of nitrogens with zero attached hydrogens (tertiary/aromatic N) is 2. The van der Waals surface area contributed by atoms with Crippen LogP contribution in [0, 0.1) is 5.92 Å². The van der Waals surface area contributed by atoms with Gasteiger partial charge in [-0.25, -0.2) is 4.58 Å². The molecule has 1 unspecified atom stereocenters. The molecule has 7 heteroatoms. The lowest BCUT2D eigenvalue weighted by atomic mass is 9.89. The molecular formula is C19H26N3O4+. The highest BCUT2D eigenvalue weighted by atomic mass is 16.5. The van der Waals surface area contributed by atoms with E-state index >= 15 is 0 Å². The van der Waals surface area contributed by atoms with Crippen LogP contribution in [0.4, 0.5) is 0 Å². The number of carboxylic acids is 1. The minimum absolute atomic E-state index is 0.00498. The lowest BCUT2D eigenvalue weighted by Crippen LogP contribution is -2.68. The fourth-order valence-corrected chi connectivity index (χ4v) is 4.76. The van der Waals surface area contributed by atoms with E-state index in [1.807, 2.05) is 35.8 Å². The van der Waals surface area contributed by atoms with Crippen LogP contribution >= 0.6 is 0 Å². The molecule has 3 N–H and O–H groups in total. The van der Waals surface area contributed by atoms with Crippen LogP contribution in [0.5, 0.6) is 5.75 Å². The first-order chi connectivity index (χ1) is 12.5. The molecular weight excluding hydrogens is 334 g/mol. The second kappa shape index (κ2) is 6.46. The van der Waals surface area contributed by atoms with Crippen LogP contribution in [0.3, 0.4) is 0 Å². The Balaban J connectivity index is 1.68. The molecule has 7 nitrogen and oxygen atoms in total. The fourth-order valence-electron chi connectivity index (χ4n) is 4.76. The number of nitrogens with one attached hydrogen (secondary N) is 1. The highest BCUT2D eigenvalue weighted by Crippen LogP contribution is 2.38. The van der Waals surface area contributed by atoms with Crippen LogP contribution in [0.1, 0.15) is 31.7 Å². The summed E-state index contributed by atoms with van der Waals surface area (Å²) in [5.74, 6) is 0.496. The summed E-state index contributed by atoms with van der Waals surface area (Å²) in [6.45, 7) is 2.48. The number of rotatable bonds is 4. The first kappa shape index (κ1) is 17.1. The standard InChI is InChI=1S/C19H25N3O4/c1-11-17(18(24)25)15-8-5-13-9-16(23)21(19(20-11)22(13)15)10-12-3-6-14(26-2)7-4-12/h3-4,6-7,11,13,15-17,23H,5,8-10H2,1-2H3,(H,24,25)/p+1/t11-,13-,15+,16?,17+/m1/s1. The van der Waals surface area contributed by atoms with Gasteiger partial charge in [-0.15, -0.1) is 0 Å². The van der Waals surface area contributed by atoms with Crippen molar-refractivity contribution in [3.63, 3.8) is 0 Å². The summed E-state index contributed by atoms with van der Waals surface area (Å²) in [5.41, 5.74) is 1.07. The van der Waals surface area contributed by atoms with Crippen molar-refractivity contribution in [2.24, 2.45) is 5.92 Å². The quantitative estimate of drug-likeness (QED) is 0.689. The van der Waals surface area contributed by atoms with Crippen molar-refractivity contribution in [2.45, 2.75) is 57.1 Å². The Labute approximate surface area is 152 Å². The molecule has 0 saturated carbocycles. The van der Waals surface area contributed by atoms with E-state index in [1.165, 1.54) is 0 Å². The lowest BCUT2D eigenvalue weighted by molar-refractivity contribution is -0.636. The van der Waals surface area contributed by atoms with Crippen LogP contribution in [0.2, 0.25) is 0 Å². The summed E-state index contributed by atoms with van der Waals surface area (Å²) in [6.07, 6.45) is 1.85. The number of guanidine groups is 1. The van der Waals surface area contributed by atoms with Gasteiger partial charge in [0.2, 0.25) is 0 Å². The van der Waals surface area contributed by atoms with Crippen molar-refractivity contribution < 1.29 is 24.3 Å². The average Bonchev–Trinajstić information content (AvgIpc) is 3.02. The molecule has 1 aromatic carbocycles. The molecule has 26 heavy (non-hydrogen) atoms. The largest absolute Gasteiger partial charge is 0.497 e. The van der Waals surface area contributed by atoms with Gasteiger partial charge in [-0.2, -0.15) is 0 Å². The maximum absolute atomic E-state index is 11.8. The zero-order valence-electron chi connectivity index (χ0n) is 15.1. The number of ether oxygens (including phenoxy) is 1. The molecule has 1 aromatic rings. The summed E-state index contributed by atoms with van der Waals surface area (Å²) in [7, 11) is 1.64. The Morgan fingerprint density at radius 3 is 2.73 bits per heavy atom. The Bertz CT molecular complexity index is 733. The van der Waals surface area contributed by atoms with Crippen LogP contribution < -0.4 is 10.1 Å². The maximum atomic E-state index is 11.8.